The summed E-state index contributed by atoms with van der Waals surface area (Å²) in [4.78, 5) is 0. The van der Waals surface area contributed by atoms with Crippen LogP contribution in [0.2, 0.25) is 0 Å². The van der Waals surface area contributed by atoms with Crippen molar-refractivity contribution in [2.45, 2.75) is 31.5 Å². The largest absolute Gasteiger partial charge is 0.508 e. The van der Waals surface area contributed by atoms with Crippen molar-refractivity contribution in [3.63, 3.8) is 0 Å². The quantitative estimate of drug-likeness (QED) is 0.790. The highest BCUT2D eigenvalue weighted by molar-refractivity contribution is 5.66. The molecule has 2 atom stereocenters. The first-order valence-corrected chi connectivity index (χ1v) is 8.19. The van der Waals surface area contributed by atoms with Crippen LogP contribution in [-0.2, 0) is 0 Å². The zero-order chi connectivity index (χ0) is 16.5. The number of aromatic hydroxyl groups is 1. The Labute approximate surface area is 140 Å². The lowest BCUT2D eigenvalue weighted by molar-refractivity contribution is 0.138. The number of rotatable bonds is 0. The van der Waals surface area contributed by atoms with Crippen LogP contribution in [-0.4, -0.2) is 17.3 Å². The van der Waals surface area contributed by atoms with Gasteiger partial charge in [0.15, 0.2) is 0 Å². The molecule has 0 bridgehead atoms. The van der Waals surface area contributed by atoms with E-state index in [1.165, 1.54) is 0 Å². The van der Waals surface area contributed by atoms with E-state index in [0.717, 1.165) is 28.2 Å². The Morgan fingerprint density at radius 2 is 1.92 bits per heavy atom. The maximum atomic E-state index is 9.65. The van der Waals surface area contributed by atoms with E-state index in [0.29, 0.717) is 12.4 Å². The van der Waals surface area contributed by atoms with Crippen molar-refractivity contribution in [2.24, 2.45) is 0 Å². The highest BCUT2D eigenvalue weighted by Crippen LogP contribution is 2.53. The monoisotopic (exact) mass is 322 g/mol. The fourth-order valence-corrected chi connectivity index (χ4v) is 3.72. The van der Waals surface area contributed by atoms with Gasteiger partial charge in [-0.2, -0.15) is 0 Å². The molecule has 5 rings (SSSR count). The van der Waals surface area contributed by atoms with Crippen LogP contribution in [0, 0.1) is 0 Å². The average molecular weight is 322 g/mol. The Kier molecular flexibility index (Phi) is 2.57. The summed E-state index contributed by atoms with van der Waals surface area (Å²) in [5.41, 5.74) is 2.91. The third-order valence-corrected chi connectivity index (χ3v) is 4.92. The summed E-state index contributed by atoms with van der Waals surface area (Å²) in [6.45, 7) is 4.62. The number of hydrogen-bond acceptors (Lipinski definition) is 4. The molecule has 0 unspecified atom stereocenters. The Bertz CT molecular complexity index is 881. The minimum absolute atomic E-state index is 0.0785. The predicted octanol–water partition coefficient (Wildman–Crippen LogP) is 4.19. The van der Waals surface area contributed by atoms with Crippen LogP contribution in [0.1, 0.15) is 42.6 Å². The van der Waals surface area contributed by atoms with Crippen LogP contribution in [0.3, 0.4) is 0 Å². The number of phenolic OH excluding ortho intramolecular Hbond substituents is 1. The van der Waals surface area contributed by atoms with E-state index in [1.807, 2.05) is 26.0 Å². The SMILES string of the molecule is CC1(C)C=Cc2cc3c(cc2O1)O[C@H]1c2ccc(O)cc2OC[C@@H]31. The topological polar surface area (TPSA) is 47.9 Å². The molecule has 1 N–H and O–H groups in total. The zero-order valence-electron chi connectivity index (χ0n) is 13.6. The van der Waals surface area contributed by atoms with Gasteiger partial charge in [-0.3, -0.25) is 0 Å². The van der Waals surface area contributed by atoms with Crippen molar-refractivity contribution in [1.29, 1.82) is 0 Å². The first kappa shape index (κ1) is 13.8. The van der Waals surface area contributed by atoms with Crippen LogP contribution >= 0.6 is 0 Å². The van der Waals surface area contributed by atoms with Gasteiger partial charge in [0.1, 0.15) is 34.7 Å². The molecule has 3 aliphatic heterocycles. The summed E-state index contributed by atoms with van der Waals surface area (Å²) < 4.78 is 18.2. The van der Waals surface area contributed by atoms with Gasteiger partial charge in [-0.05, 0) is 38.1 Å². The van der Waals surface area contributed by atoms with Crippen molar-refractivity contribution in [2.75, 3.05) is 6.61 Å². The van der Waals surface area contributed by atoms with Gasteiger partial charge in [-0.15, -0.1) is 0 Å². The minimum atomic E-state index is -0.306. The van der Waals surface area contributed by atoms with Gasteiger partial charge in [0.2, 0.25) is 0 Å². The molecule has 0 spiro atoms. The van der Waals surface area contributed by atoms with E-state index >= 15 is 0 Å². The van der Waals surface area contributed by atoms with Crippen molar-refractivity contribution < 1.29 is 19.3 Å². The molecular weight excluding hydrogens is 304 g/mol. The molecule has 0 saturated heterocycles. The third kappa shape index (κ3) is 1.92. The van der Waals surface area contributed by atoms with Gasteiger partial charge >= 0.3 is 0 Å². The predicted molar refractivity (Wildman–Crippen MR) is 89.9 cm³/mol. The second kappa shape index (κ2) is 4.47. The van der Waals surface area contributed by atoms with E-state index < -0.39 is 0 Å². The molecule has 4 heteroatoms. The van der Waals surface area contributed by atoms with Gasteiger partial charge in [-0.25, -0.2) is 0 Å². The Morgan fingerprint density at radius 3 is 2.79 bits per heavy atom. The zero-order valence-corrected chi connectivity index (χ0v) is 13.6. The lowest BCUT2D eigenvalue weighted by Crippen LogP contribution is -2.27. The average Bonchev–Trinajstić information content (AvgIpc) is 2.89. The summed E-state index contributed by atoms with van der Waals surface area (Å²) in [6.07, 6.45) is 4.11. The van der Waals surface area contributed by atoms with Gasteiger partial charge < -0.3 is 19.3 Å². The fourth-order valence-electron chi connectivity index (χ4n) is 3.72. The first-order valence-electron chi connectivity index (χ1n) is 8.19. The lowest BCUT2D eigenvalue weighted by atomic mass is 9.88. The Balaban J connectivity index is 1.58. The van der Waals surface area contributed by atoms with Crippen LogP contribution in [0.4, 0.5) is 0 Å². The molecule has 0 aliphatic carbocycles. The van der Waals surface area contributed by atoms with Crippen LogP contribution < -0.4 is 14.2 Å². The second-order valence-corrected chi connectivity index (χ2v) is 7.14. The second-order valence-electron chi connectivity index (χ2n) is 7.14. The molecule has 4 nitrogen and oxygen atoms in total. The number of ether oxygens (including phenoxy) is 3. The third-order valence-electron chi connectivity index (χ3n) is 4.92. The summed E-state index contributed by atoms with van der Waals surface area (Å²) in [7, 11) is 0. The molecule has 3 aliphatic rings. The van der Waals surface area contributed by atoms with E-state index in [9.17, 15) is 5.11 Å². The molecule has 0 saturated carbocycles. The highest BCUT2D eigenvalue weighted by atomic mass is 16.5. The van der Waals surface area contributed by atoms with E-state index in [1.54, 1.807) is 12.1 Å². The van der Waals surface area contributed by atoms with Gasteiger partial charge in [0.25, 0.3) is 0 Å². The summed E-state index contributed by atoms with van der Waals surface area (Å²) in [5, 5.41) is 9.65. The molecule has 0 aromatic heterocycles. The minimum Gasteiger partial charge on any atom is -0.508 e. The number of hydrogen-bond donors (Lipinski definition) is 1. The molecule has 0 fully saturated rings. The van der Waals surface area contributed by atoms with E-state index in [-0.39, 0.29) is 23.4 Å². The summed E-state index contributed by atoms with van der Waals surface area (Å²) >= 11 is 0. The molecule has 24 heavy (non-hydrogen) atoms. The molecule has 3 heterocycles. The van der Waals surface area contributed by atoms with Gasteiger partial charge in [-0.1, -0.05) is 6.08 Å². The standard InChI is InChI=1S/C20H18O4/c1-20(2)6-5-11-7-14-15-10-22-17-8-12(21)3-4-13(17)19(15)23-18(14)9-16(11)24-20/h3-9,15,19,21H,10H2,1-2H3/t15-,19-/m0/s1. The maximum Gasteiger partial charge on any atom is 0.138 e. The lowest BCUT2D eigenvalue weighted by Gasteiger charge is -2.28. The fraction of sp³-hybridized carbons (Fsp3) is 0.300. The van der Waals surface area contributed by atoms with E-state index in [4.69, 9.17) is 14.2 Å². The Morgan fingerprint density at radius 1 is 1.04 bits per heavy atom. The normalized spacial score (nSPS) is 24.6. The highest BCUT2D eigenvalue weighted by Gasteiger charge is 2.41. The van der Waals surface area contributed by atoms with Crippen LogP contribution in [0.25, 0.3) is 6.08 Å². The molecule has 122 valence electrons. The molecule has 2 aromatic carbocycles. The summed E-state index contributed by atoms with van der Waals surface area (Å²) in [6, 6.07) is 9.35. The van der Waals surface area contributed by atoms with E-state index in [2.05, 4.69) is 18.2 Å². The number of fused-ring (bicyclic) bond motifs is 6. The van der Waals surface area contributed by atoms with Crippen molar-refractivity contribution in [3.8, 4) is 23.0 Å². The molecular formula is C20H18O4. The first-order chi connectivity index (χ1) is 11.5. The smallest absolute Gasteiger partial charge is 0.138 e. The molecule has 0 amide bonds. The van der Waals surface area contributed by atoms with Gasteiger partial charge in [0.05, 0.1) is 12.5 Å². The Hall–Kier alpha value is -2.62. The number of benzene rings is 2. The summed E-state index contributed by atoms with van der Waals surface area (Å²) in [5.74, 6) is 2.78. The van der Waals surface area contributed by atoms with Crippen molar-refractivity contribution in [3.05, 3.63) is 53.1 Å². The molecule has 0 radical (unpaired) electrons. The van der Waals surface area contributed by atoms with Crippen LogP contribution in [0.15, 0.2) is 36.4 Å². The van der Waals surface area contributed by atoms with Crippen molar-refractivity contribution >= 4 is 6.08 Å². The molecule has 2 aromatic rings. The van der Waals surface area contributed by atoms with Crippen LogP contribution in [0.5, 0.6) is 23.0 Å². The van der Waals surface area contributed by atoms with Gasteiger partial charge in [0, 0.05) is 28.8 Å². The van der Waals surface area contributed by atoms with Crippen molar-refractivity contribution in [1.82, 2.24) is 0 Å². The number of phenols is 1. The maximum absolute atomic E-state index is 9.65.